The molecule has 10 heteroatoms. The molecule has 0 fully saturated rings. The lowest BCUT2D eigenvalue weighted by Gasteiger charge is -2.08. The lowest BCUT2D eigenvalue weighted by Crippen LogP contribution is -2.12. The fourth-order valence-electron chi connectivity index (χ4n) is 1.55. The van der Waals surface area contributed by atoms with E-state index in [1.165, 1.54) is 40.9 Å². The van der Waals surface area contributed by atoms with Gasteiger partial charge in [-0.3, -0.25) is 14.9 Å². The predicted octanol–water partition coefficient (Wildman–Crippen LogP) is 2.88. The van der Waals surface area contributed by atoms with Crippen molar-refractivity contribution in [3.8, 4) is 0 Å². The van der Waals surface area contributed by atoms with Gasteiger partial charge >= 0.3 is 0 Å². The molecule has 2 aromatic rings. The summed E-state index contributed by atoms with van der Waals surface area (Å²) in [5.74, 6) is -0.237. The van der Waals surface area contributed by atoms with Gasteiger partial charge in [0.05, 0.1) is 10.7 Å². The number of carbonyl (C=O) groups excluding carboxylic acids is 1. The molecule has 0 saturated carbocycles. The Bertz CT molecular complexity index is 692. The van der Waals surface area contributed by atoms with Gasteiger partial charge in [-0.1, -0.05) is 47.0 Å². The van der Waals surface area contributed by atoms with Crippen molar-refractivity contribution in [1.82, 2.24) is 10.2 Å². The van der Waals surface area contributed by atoms with Crippen molar-refractivity contribution >= 4 is 46.5 Å². The average molecular weight is 356 g/mol. The van der Waals surface area contributed by atoms with E-state index in [0.717, 1.165) is 9.90 Å². The Morgan fingerprint density at radius 2 is 2.18 bits per heavy atom. The smallest absolute Gasteiger partial charge is 0.269 e. The van der Waals surface area contributed by atoms with Gasteiger partial charge in [-0.15, -0.1) is 10.2 Å². The molecule has 0 aliphatic rings. The first kappa shape index (κ1) is 16.7. The number of hydrogen-bond donors (Lipinski definition) is 1. The summed E-state index contributed by atoms with van der Waals surface area (Å²) in [5, 5.41) is 18.8. The molecular weight excluding hydrogens is 344 g/mol. The Kier molecular flexibility index (Phi) is 5.75. The van der Waals surface area contributed by atoms with Gasteiger partial charge in [0.1, 0.15) is 0 Å². The van der Waals surface area contributed by atoms with Gasteiger partial charge in [0, 0.05) is 17.4 Å². The fraction of sp³-hybridized carbons (Fsp3) is 0.250. The van der Waals surface area contributed by atoms with Crippen LogP contribution in [-0.4, -0.2) is 26.8 Å². The highest BCUT2D eigenvalue weighted by Crippen LogP contribution is 2.38. The number of amides is 1. The van der Waals surface area contributed by atoms with E-state index in [9.17, 15) is 14.9 Å². The second-order valence-corrected chi connectivity index (χ2v) is 7.99. The van der Waals surface area contributed by atoms with E-state index in [1.54, 1.807) is 12.1 Å². The highest BCUT2D eigenvalue weighted by Gasteiger charge is 2.15. The normalized spacial score (nSPS) is 12.0. The van der Waals surface area contributed by atoms with Crippen LogP contribution in [0.2, 0.25) is 0 Å². The lowest BCUT2D eigenvalue weighted by atomic mass is 10.1. The van der Waals surface area contributed by atoms with Crippen molar-refractivity contribution in [3.63, 3.8) is 0 Å². The molecule has 1 heterocycles. The van der Waals surface area contributed by atoms with Crippen LogP contribution in [-0.2, 0) is 4.79 Å². The number of aromatic nitrogens is 2. The number of non-ortho nitro benzene ring substituents is 1. The minimum absolute atomic E-state index is 0.00170. The summed E-state index contributed by atoms with van der Waals surface area (Å²) in [5.41, 5.74) is 6.00. The molecule has 0 unspecified atom stereocenters. The van der Waals surface area contributed by atoms with Gasteiger partial charge in [-0.2, -0.15) is 0 Å². The van der Waals surface area contributed by atoms with E-state index in [0.29, 0.717) is 4.34 Å². The number of nitro groups is 1. The fourth-order valence-corrected chi connectivity index (χ4v) is 4.57. The zero-order valence-corrected chi connectivity index (χ0v) is 13.9. The van der Waals surface area contributed by atoms with Gasteiger partial charge in [-0.25, -0.2) is 0 Å². The molecule has 1 amide bonds. The quantitative estimate of drug-likeness (QED) is 0.461. The zero-order chi connectivity index (χ0) is 16.1. The second-order valence-electron chi connectivity index (χ2n) is 4.20. The number of nitrogens with zero attached hydrogens (tertiary/aromatic N) is 3. The van der Waals surface area contributed by atoms with E-state index < -0.39 is 10.8 Å². The standard InChI is InChI=1S/C12H12N4O3S3/c1-7(8-3-2-4-9(5-8)16(18)19)21-12-15-14-11(22-12)20-6-10(13)17/h2-5,7H,6H2,1H3,(H2,13,17)/t7-/m0/s1. The molecular formula is C12H12N4O3S3. The van der Waals surface area contributed by atoms with E-state index in [4.69, 9.17) is 5.73 Å². The topological polar surface area (TPSA) is 112 Å². The number of carbonyl (C=O) groups is 1. The molecule has 0 radical (unpaired) electrons. The number of rotatable bonds is 7. The van der Waals surface area contributed by atoms with Crippen molar-refractivity contribution in [2.24, 2.45) is 5.73 Å². The molecule has 22 heavy (non-hydrogen) atoms. The Labute approximate surface area is 138 Å². The summed E-state index contributed by atoms with van der Waals surface area (Å²) < 4.78 is 1.42. The highest BCUT2D eigenvalue weighted by atomic mass is 32.2. The number of hydrogen-bond acceptors (Lipinski definition) is 8. The number of primary amides is 1. The Morgan fingerprint density at radius 1 is 1.45 bits per heavy atom. The van der Waals surface area contributed by atoms with Crippen molar-refractivity contribution in [1.29, 1.82) is 0 Å². The van der Waals surface area contributed by atoms with Crippen LogP contribution in [0.15, 0.2) is 32.9 Å². The van der Waals surface area contributed by atoms with Crippen LogP contribution in [0.1, 0.15) is 17.7 Å². The highest BCUT2D eigenvalue weighted by molar-refractivity contribution is 8.03. The maximum absolute atomic E-state index is 10.8. The zero-order valence-electron chi connectivity index (χ0n) is 11.5. The van der Waals surface area contributed by atoms with Crippen LogP contribution >= 0.6 is 34.9 Å². The van der Waals surface area contributed by atoms with Crippen molar-refractivity contribution in [2.45, 2.75) is 20.9 Å². The third-order valence-electron chi connectivity index (χ3n) is 2.55. The number of nitro benzene ring substituents is 1. The van der Waals surface area contributed by atoms with Crippen LogP contribution in [0.25, 0.3) is 0 Å². The van der Waals surface area contributed by atoms with E-state index in [1.807, 2.05) is 13.0 Å². The molecule has 0 aliphatic heterocycles. The van der Waals surface area contributed by atoms with Gasteiger partial charge in [-0.05, 0) is 12.5 Å². The Balaban J connectivity index is 2.02. The first-order valence-electron chi connectivity index (χ1n) is 6.11. The number of thioether (sulfide) groups is 2. The van der Waals surface area contributed by atoms with Crippen LogP contribution in [0, 0.1) is 10.1 Å². The monoisotopic (exact) mass is 356 g/mol. The average Bonchev–Trinajstić information content (AvgIpc) is 2.92. The van der Waals surface area contributed by atoms with Crippen LogP contribution in [0.4, 0.5) is 5.69 Å². The molecule has 1 atom stereocenters. The summed E-state index contributed by atoms with van der Waals surface area (Å²) in [6.07, 6.45) is 0. The molecule has 116 valence electrons. The predicted molar refractivity (Wildman–Crippen MR) is 87.2 cm³/mol. The minimum Gasteiger partial charge on any atom is -0.369 e. The second kappa shape index (κ2) is 7.56. The summed E-state index contributed by atoms with van der Waals surface area (Å²) in [7, 11) is 0. The summed E-state index contributed by atoms with van der Waals surface area (Å²) in [6.45, 7) is 1.95. The molecule has 0 spiro atoms. The van der Waals surface area contributed by atoms with Crippen LogP contribution < -0.4 is 5.73 Å². The maximum atomic E-state index is 10.8. The number of nitrogens with two attached hydrogens (primary N) is 1. The van der Waals surface area contributed by atoms with Gasteiger partial charge < -0.3 is 5.73 Å². The third kappa shape index (κ3) is 4.68. The van der Waals surface area contributed by atoms with E-state index >= 15 is 0 Å². The van der Waals surface area contributed by atoms with Gasteiger partial charge in [0.15, 0.2) is 8.68 Å². The molecule has 2 rings (SSSR count). The van der Waals surface area contributed by atoms with Crippen LogP contribution in [0.5, 0.6) is 0 Å². The maximum Gasteiger partial charge on any atom is 0.269 e. The van der Waals surface area contributed by atoms with Crippen molar-refractivity contribution in [3.05, 3.63) is 39.9 Å². The molecule has 1 aromatic carbocycles. The van der Waals surface area contributed by atoms with Crippen molar-refractivity contribution < 1.29 is 9.72 Å². The molecule has 0 saturated heterocycles. The molecule has 1 aromatic heterocycles. The molecule has 0 aliphatic carbocycles. The van der Waals surface area contributed by atoms with Crippen molar-refractivity contribution in [2.75, 3.05) is 5.75 Å². The van der Waals surface area contributed by atoms with E-state index in [-0.39, 0.29) is 16.7 Å². The Hall–Kier alpha value is -1.65. The summed E-state index contributed by atoms with van der Waals surface area (Å²) >= 11 is 4.08. The van der Waals surface area contributed by atoms with Crippen LogP contribution in [0.3, 0.4) is 0 Å². The van der Waals surface area contributed by atoms with Gasteiger partial charge in [0.25, 0.3) is 5.69 Å². The largest absolute Gasteiger partial charge is 0.369 e. The Morgan fingerprint density at radius 3 is 2.86 bits per heavy atom. The summed E-state index contributed by atoms with van der Waals surface area (Å²) in [4.78, 5) is 21.1. The molecule has 7 nitrogen and oxygen atoms in total. The lowest BCUT2D eigenvalue weighted by molar-refractivity contribution is -0.384. The summed E-state index contributed by atoms with van der Waals surface area (Å²) in [6, 6.07) is 6.53. The first-order valence-corrected chi connectivity index (χ1v) is 8.79. The van der Waals surface area contributed by atoms with E-state index in [2.05, 4.69) is 10.2 Å². The minimum atomic E-state index is -0.412. The molecule has 0 bridgehead atoms. The van der Waals surface area contributed by atoms with Gasteiger partial charge in [0.2, 0.25) is 5.91 Å². The third-order valence-corrected chi connectivity index (χ3v) is 5.88. The number of benzene rings is 1. The SMILES string of the molecule is C[C@H](Sc1nnc(SCC(N)=O)s1)c1cccc([N+](=O)[O-])c1. The first-order chi connectivity index (χ1) is 10.5. The molecule has 2 N–H and O–H groups in total.